The van der Waals surface area contributed by atoms with Crippen molar-refractivity contribution in [2.75, 3.05) is 28.6 Å². The third kappa shape index (κ3) is 3.28. The van der Waals surface area contributed by atoms with Gasteiger partial charge in [-0.1, -0.05) is 35.9 Å². The molecule has 3 rings (SSSR count). The molecule has 6 heteroatoms. The molecule has 0 N–H and O–H groups in total. The van der Waals surface area contributed by atoms with Crippen molar-refractivity contribution < 1.29 is 13.2 Å². The summed E-state index contributed by atoms with van der Waals surface area (Å²) in [6, 6.07) is 14.9. The molecule has 0 saturated heterocycles. The minimum atomic E-state index is -3.55. The Morgan fingerprint density at radius 3 is 2.46 bits per heavy atom. The van der Waals surface area contributed by atoms with Crippen molar-refractivity contribution in [2.24, 2.45) is 0 Å². The molecule has 0 unspecified atom stereocenters. The standard InChI is InChI=1S/C18H20N2O3S/c1-14-7-9-16(10-8-14)20(24(2,22)23)13-18(21)19-12-11-15-5-3-4-6-17(15)19/h3-10H,11-13H2,1-2H3. The fourth-order valence-corrected chi connectivity index (χ4v) is 3.77. The summed E-state index contributed by atoms with van der Waals surface area (Å²) < 4.78 is 25.5. The number of para-hydroxylation sites is 1. The summed E-state index contributed by atoms with van der Waals surface area (Å²) in [5.74, 6) is -0.217. The van der Waals surface area contributed by atoms with Crippen LogP contribution in [-0.2, 0) is 21.2 Å². The van der Waals surface area contributed by atoms with Gasteiger partial charge in [-0.25, -0.2) is 8.42 Å². The van der Waals surface area contributed by atoms with Gasteiger partial charge in [-0.2, -0.15) is 0 Å². The summed E-state index contributed by atoms with van der Waals surface area (Å²) in [4.78, 5) is 14.4. The SMILES string of the molecule is Cc1ccc(N(CC(=O)N2CCc3ccccc32)S(C)(=O)=O)cc1. The highest BCUT2D eigenvalue weighted by molar-refractivity contribution is 7.92. The highest BCUT2D eigenvalue weighted by Crippen LogP contribution is 2.28. The molecule has 1 amide bonds. The fraction of sp³-hybridized carbons (Fsp3) is 0.278. The maximum atomic E-state index is 12.7. The first-order valence-electron chi connectivity index (χ1n) is 7.79. The topological polar surface area (TPSA) is 57.7 Å². The van der Waals surface area contributed by atoms with Crippen LogP contribution < -0.4 is 9.21 Å². The number of benzene rings is 2. The Bertz CT molecular complexity index is 860. The third-order valence-corrected chi connectivity index (χ3v) is 5.33. The van der Waals surface area contributed by atoms with E-state index in [1.807, 2.05) is 43.3 Å². The quantitative estimate of drug-likeness (QED) is 0.855. The molecular formula is C18H20N2O3S. The van der Waals surface area contributed by atoms with Crippen LogP contribution in [0.3, 0.4) is 0 Å². The molecule has 1 heterocycles. The van der Waals surface area contributed by atoms with Crippen molar-refractivity contribution in [3.05, 3.63) is 59.7 Å². The second kappa shape index (κ2) is 6.28. The number of hydrogen-bond acceptors (Lipinski definition) is 3. The Morgan fingerprint density at radius 1 is 1.12 bits per heavy atom. The first-order chi connectivity index (χ1) is 11.4. The molecule has 0 saturated carbocycles. The van der Waals surface area contributed by atoms with E-state index < -0.39 is 10.0 Å². The number of sulfonamides is 1. The van der Waals surface area contributed by atoms with Crippen LogP contribution in [0.15, 0.2) is 48.5 Å². The molecule has 1 aliphatic heterocycles. The first kappa shape index (κ1) is 16.5. The van der Waals surface area contributed by atoms with E-state index in [1.54, 1.807) is 17.0 Å². The van der Waals surface area contributed by atoms with Gasteiger partial charge in [0.25, 0.3) is 0 Å². The van der Waals surface area contributed by atoms with E-state index in [1.165, 1.54) is 0 Å². The molecule has 0 aromatic heterocycles. The van der Waals surface area contributed by atoms with Crippen LogP contribution >= 0.6 is 0 Å². The monoisotopic (exact) mass is 344 g/mol. The Labute approximate surface area is 142 Å². The minimum absolute atomic E-state index is 0.198. The largest absolute Gasteiger partial charge is 0.310 e. The van der Waals surface area contributed by atoms with E-state index in [0.29, 0.717) is 12.2 Å². The zero-order valence-electron chi connectivity index (χ0n) is 13.8. The highest BCUT2D eigenvalue weighted by Gasteiger charge is 2.28. The van der Waals surface area contributed by atoms with Crippen molar-refractivity contribution in [1.82, 2.24) is 0 Å². The Morgan fingerprint density at radius 2 is 1.79 bits per heavy atom. The zero-order chi connectivity index (χ0) is 17.3. The van der Waals surface area contributed by atoms with Gasteiger partial charge in [0, 0.05) is 12.2 Å². The number of hydrogen-bond donors (Lipinski definition) is 0. The predicted octanol–water partition coefficient (Wildman–Crippen LogP) is 2.35. The number of anilines is 2. The average Bonchev–Trinajstić information content (AvgIpc) is 2.96. The Hall–Kier alpha value is -2.34. The second-order valence-corrected chi connectivity index (χ2v) is 7.94. The number of nitrogens with zero attached hydrogens (tertiary/aromatic N) is 2. The van der Waals surface area contributed by atoms with Crippen molar-refractivity contribution in [3.8, 4) is 0 Å². The zero-order valence-corrected chi connectivity index (χ0v) is 14.6. The van der Waals surface area contributed by atoms with Crippen LogP contribution in [0.1, 0.15) is 11.1 Å². The van der Waals surface area contributed by atoms with Crippen molar-refractivity contribution in [2.45, 2.75) is 13.3 Å². The number of amides is 1. The van der Waals surface area contributed by atoms with Gasteiger partial charge in [-0.3, -0.25) is 9.10 Å². The molecule has 126 valence electrons. The third-order valence-electron chi connectivity index (χ3n) is 4.19. The van der Waals surface area contributed by atoms with Crippen LogP contribution in [-0.4, -0.2) is 33.7 Å². The highest BCUT2D eigenvalue weighted by atomic mass is 32.2. The Kier molecular flexibility index (Phi) is 4.32. The number of aryl methyl sites for hydroxylation is 1. The van der Waals surface area contributed by atoms with Gasteiger partial charge in [0.15, 0.2) is 0 Å². The van der Waals surface area contributed by atoms with Crippen LogP contribution in [0.2, 0.25) is 0 Å². The maximum absolute atomic E-state index is 12.7. The second-order valence-electron chi connectivity index (χ2n) is 6.03. The van der Waals surface area contributed by atoms with E-state index >= 15 is 0 Å². The fourth-order valence-electron chi connectivity index (χ4n) is 2.92. The number of carbonyl (C=O) groups is 1. The number of carbonyl (C=O) groups excluding carboxylic acids is 1. The lowest BCUT2D eigenvalue weighted by molar-refractivity contribution is -0.117. The molecule has 1 aliphatic rings. The lowest BCUT2D eigenvalue weighted by Crippen LogP contribution is -2.42. The van der Waals surface area contributed by atoms with Gasteiger partial charge in [0.1, 0.15) is 6.54 Å². The van der Waals surface area contributed by atoms with Crippen molar-refractivity contribution in [3.63, 3.8) is 0 Å². The average molecular weight is 344 g/mol. The van der Waals surface area contributed by atoms with E-state index in [9.17, 15) is 13.2 Å². The van der Waals surface area contributed by atoms with E-state index in [-0.39, 0.29) is 12.5 Å². The van der Waals surface area contributed by atoms with Gasteiger partial charge >= 0.3 is 0 Å². The van der Waals surface area contributed by atoms with Gasteiger partial charge in [0.2, 0.25) is 15.9 Å². The summed E-state index contributed by atoms with van der Waals surface area (Å²) in [6.07, 6.45) is 1.92. The molecule has 0 atom stereocenters. The first-order valence-corrected chi connectivity index (χ1v) is 9.64. The summed E-state index contributed by atoms with van der Waals surface area (Å²) in [5.41, 5.74) is 3.53. The van der Waals surface area contributed by atoms with Crippen molar-refractivity contribution in [1.29, 1.82) is 0 Å². The van der Waals surface area contributed by atoms with Gasteiger partial charge < -0.3 is 4.90 Å². The molecule has 24 heavy (non-hydrogen) atoms. The summed E-state index contributed by atoms with van der Waals surface area (Å²) in [7, 11) is -3.55. The molecular weight excluding hydrogens is 324 g/mol. The molecule has 0 fully saturated rings. The normalized spacial score (nSPS) is 13.7. The number of fused-ring (bicyclic) bond motifs is 1. The molecule has 0 aliphatic carbocycles. The molecule has 2 aromatic rings. The number of rotatable bonds is 4. The van der Waals surface area contributed by atoms with Gasteiger partial charge in [-0.15, -0.1) is 0 Å². The lowest BCUT2D eigenvalue weighted by atomic mass is 10.2. The summed E-state index contributed by atoms with van der Waals surface area (Å²) >= 11 is 0. The summed E-state index contributed by atoms with van der Waals surface area (Å²) in [5, 5.41) is 0. The maximum Gasteiger partial charge on any atom is 0.247 e. The molecule has 0 bridgehead atoms. The lowest BCUT2D eigenvalue weighted by Gasteiger charge is -2.25. The molecule has 2 aromatic carbocycles. The minimum Gasteiger partial charge on any atom is -0.310 e. The summed E-state index contributed by atoms with van der Waals surface area (Å²) in [6.45, 7) is 2.32. The predicted molar refractivity (Wildman–Crippen MR) is 95.9 cm³/mol. The van der Waals surface area contributed by atoms with Crippen LogP contribution in [0.5, 0.6) is 0 Å². The van der Waals surface area contributed by atoms with E-state index in [2.05, 4.69) is 0 Å². The van der Waals surface area contributed by atoms with E-state index in [4.69, 9.17) is 0 Å². The molecule has 0 spiro atoms. The van der Waals surface area contributed by atoms with Gasteiger partial charge in [-0.05, 0) is 37.1 Å². The van der Waals surface area contributed by atoms with Crippen LogP contribution in [0, 0.1) is 6.92 Å². The van der Waals surface area contributed by atoms with Crippen LogP contribution in [0.25, 0.3) is 0 Å². The smallest absolute Gasteiger partial charge is 0.247 e. The Balaban J connectivity index is 1.86. The molecule has 0 radical (unpaired) electrons. The van der Waals surface area contributed by atoms with E-state index in [0.717, 1.165) is 33.8 Å². The van der Waals surface area contributed by atoms with Crippen LogP contribution in [0.4, 0.5) is 11.4 Å². The van der Waals surface area contributed by atoms with Crippen molar-refractivity contribution >= 4 is 27.3 Å². The van der Waals surface area contributed by atoms with Gasteiger partial charge in [0.05, 0.1) is 11.9 Å². The molecule has 5 nitrogen and oxygen atoms in total.